The number of hydrogen-bond donors (Lipinski definition) is 4. The second kappa shape index (κ2) is 23.7. The highest BCUT2D eigenvalue weighted by Crippen LogP contribution is 2.46. The van der Waals surface area contributed by atoms with Gasteiger partial charge in [-0.3, -0.25) is 33.6 Å². The molecule has 426 valence electrons. The van der Waals surface area contributed by atoms with Gasteiger partial charge in [0.1, 0.15) is 12.1 Å². The Hall–Kier alpha value is -7.27. The Bertz CT molecular complexity index is 3370. The van der Waals surface area contributed by atoms with E-state index in [0.29, 0.717) is 62.5 Å². The maximum atomic E-state index is 14.2. The number of amides is 4. The summed E-state index contributed by atoms with van der Waals surface area (Å²) in [6, 6.07) is 18.7. The van der Waals surface area contributed by atoms with E-state index in [0.717, 1.165) is 101 Å². The molecule has 3 aromatic carbocycles. The predicted octanol–water partition coefficient (Wildman–Crippen LogP) is 7.22. The van der Waals surface area contributed by atoms with Crippen LogP contribution in [0.4, 0.5) is 5.69 Å². The number of aromatic nitrogens is 5. The number of fused-ring (bicyclic) bond motifs is 4. The van der Waals surface area contributed by atoms with E-state index >= 15 is 0 Å². The monoisotopic (exact) mass is 1120 g/mol. The molecule has 3 saturated heterocycles. The maximum Gasteiger partial charge on any atom is 0.246 e. The van der Waals surface area contributed by atoms with Crippen LogP contribution >= 0.6 is 11.3 Å². The third-order valence-corrected chi connectivity index (χ3v) is 18.2. The molecule has 0 bridgehead atoms. The van der Waals surface area contributed by atoms with Crippen molar-refractivity contribution < 1.29 is 29.1 Å². The van der Waals surface area contributed by atoms with E-state index in [1.165, 1.54) is 16.2 Å². The van der Waals surface area contributed by atoms with Crippen LogP contribution < -0.4 is 15.5 Å². The van der Waals surface area contributed by atoms with Gasteiger partial charge in [0.05, 0.1) is 45.1 Å². The quantitative estimate of drug-likeness (QED) is 0.0711. The summed E-state index contributed by atoms with van der Waals surface area (Å²) in [6.07, 6.45) is 6.26. The number of hydrogen-bond acceptors (Lipinski definition) is 13. The van der Waals surface area contributed by atoms with Gasteiger partial charge in [-0.05, 0) is 97.4 Å². The van der Waals surface area contributed by atoms with Crippen molar-refractivity contribution in [2.45, 2.75) is 149 Å². The molecule has 19 heteroatoms. The van der Waals surface area contributed by atoms with Crippen molar-refractivity contribution in [1.29, 1.82) is 5.26 Å². The van der Waals surface area contributed by atoms with E-state index in [9.17, 15) is 34.3 Å². The number of carbonyl (C=O) groups is 5. The average Bonchev–Trinajstić information content (AvgIpc) is 4.15. The van der Waals surface area contributed by atoms with Gasteiger partial charge in [-0.15, -0.1) is 16.4 Å². The summed E-state index contributed by atoms with van der Waals surface area (Å²) in [5.74, 6) is -0.873. The molecule has 4 N–H and O–H groups in total. The van der Waals surface area contributed by atoms with Crippen molar-refractivity contribution in [2.75, 3.05) is 50.7 Å². The molecule has 0 spiro atoms. The van der Waals surface area contributed by atoms with E-state index in [4.69, 9.17) is 0 Å². The van der Waals surface area contributed by atoms with Gasteiger partial charge in [-0.1, -0.05) is 77.1 Å². The largest absolute Gasteiger partial charge is 0.391 e. The fourth-order valence-electron chi connectivity index (χ4n) is 12.5. The first-order chi connectivity index (χ1) is 38.8. The molecule has 81 heavy (non-hydrogen) atoms. The Morgan fingerprint density at radius 1 is 0.975 bits per heavy atom. The number of nitrogens with one attached hydrogen (secondary N) is 3. The normalized spacial score (nSPS) is 18.9. The topological polar surface area (TPSA) is 226 Å². The van der Waals surface area contributed by atoms with Crippen LogP contribution in [-0.2, 0) is 50.5 Å². The average molecular weight is 1120 g/mol. The highest BCUT2D eigenvalue weighted by molar-refractivity contribution is 7.13. The molecule has 4 amide bonds. The van der Waals surface area contributed by atoms with Gasteiger partial charge in [0.2, 0.25) is 23.6 Å². The Labute approximate surface area is 478 Å². The number of nitrogens with zero attached hydrogens (tertiary/aromatic N) is 9. The molecule has 3 fully saturated rings. The van der Waals surface area contributed by atoms with Crippen LogP contribution in [0.2, 0.25) is 0 Å². The van der Waals surface area contributed by atoms with Gasteiger partial charge in [0.15, 0.2) is 5.78 Å². The first-order valence-corrected chi connectivity index (χ1v) is 29.7. The van der Waals surface area contributed by atoms with Crippen LogP contribution in [0.5, 0.6) is 0 Å². The van der Waals surface area contributed by atoms with Gasteiger partial charge >= 0.3 is 0 Å². The van der Waals surface area contributed by atoms with Gasteiger partial charge in [-0.25, -0.2) is 4.98 Å². The third-order valence-electron chi connectivity index (χ3n) is 17.2. The van der Waals surface area contributed by atoms with E-state index in [-0.39, 0.29) is 49.4 Å². The molecule has 18 nitrogen and oxygen atoms in total. The summed E-state index contributed by atoms with van der Waals surface area (Å²) in [5.41, 5.74) is 11.6. The fraction of sp³-hybridized carbons (Fsp3) is 0.500. The number of thiazole rings is 1. The standard InChI is InChI=1S/C62H76N12O6S/c1-8-41-30-47-48(62(6,7)57-54(55(47)78)46-19-16-40(33-63)29-49(46)66-57)32-50(41)71-23-20-44(21-24-71)70-25-27-72(28-26-70)53(77)13-9-11-43-35-73(69-68-43)22-10-12-52(76)67-58(61(3,4)5)60(80)74-36-45(75)31-51(74)59(79)64-34-39-14-17-42(18-15-39)56-38(2)65-37-81-56/h14-19,29-30,32,35,37,44-45,51,58,66,75H,8-13,20-28,31,34,36H2,1-7H3,(H,64,79)(H,67,76)/t45-,51+,58?/m1/s1. The molecule has 6 heterocycles. The molecule has 6 aromatic rings. The minimum atomic E-state index is -0.923. The molecule has 4 aliphatic rings. The molecular weight excluding hydrogens is 1040 g/mol. The molecule has 3 aromatic heterocycles. The lowest BCUT2D eigenvalue weighted by Gasteiger charge is -2.44. The minimum Gasteiger partial charge on any atom is -0.391 e. The van der Waals surface area contributed by atoms with Gasteiger partial charge < -0.3 is 35.4 Å². The van der Waals surface area contributed by atoms with Crippen LogP contribution in [0.1, 0.15) is 142 Å². The summed E-state index contributed by atoms with van der Waals surface area (Å²) < 4.78 is 1.71. The number of likely N-dealkylation sites (tertiary alicyclic amines) is 1. The number of piperazine rings is 1. The number of piperidine rings is 1. The molecule has 1 unspecified atom stereocenters. The van der Waals surface area contributed by atoms with E-state index in [2.05, 4.69) is 79.7 Å². The Kier molecular flexibility index (Phi) is 16.7. The first-order valence-electron chi connectivity index (χ1n) is 28.8. The Morgan fingerprint density at radius 2 is 1.73 bits per heavy atom. The van der Waals surface area contributed by atoms with E-state index in [1.807, 2.05) is 80.7 Å². The number of rotatable bonds is 17. The SMILES string of the molecule is CCc1cc2c(cc1N1CCC(N3CCN(C(=O)CCCc4cn(CCCC(=O)NC(C(=O)N5C[C@H](O)C[C@H]5C(=O)NCc5ccc(-c6scnc6C)cc5)C(C)(C)C)nn4)CC3)CC1)C(C)(C)c1[nH]c3cc(C#N)ccc3c1C2=O. The Morgan fingerprint density at radius 3 is 2.42 bits per heavy atom. The van der Waals surface area contributed by atoms with Crippen LogP contribution in [0.3, 0.4) is 0 Å². The second-order valence-corrected chi connectivity index (χ2v) is 24.9. The lowest BCUT2D eigenvalue weighted by Crippen LogP contribution is -2.57. The van der Waals surface area contributed by atoms with Gasteiger partial charge in [0, 0.05) is 124 Å². The number of aromatic amines is 1. The third kappa shape index (κ3) is 12.1. The number of aliphatic hydroxyl groups is 1. The molecular formula is C62H76N12O6S. The molecule has 1 aliphatic carbocycles. The van der Waals surface area contributed by atoms with Gasteiger partial charge in [0.25, 0.3) is 0 Å². The number of anilines is 1. The molecule has 0 radical (unpaired) electrons. The fourth-order valence-corrected chi connectivity index (χ4v) is 13.3. The lowest BCUT2D eigenvalue weighted by molar-refractivity contribution is -0.144. The highest BCUT2D eigenvalue weighted by atomic mass is 32.1. The van der Waals surface area contributed by atoms with Gasteiger partial charge in [-0.2, -0.15) is 5.26 Å². The van der Waals surface area contributed by atoms with Crippen LogP contribution in [0, 0.1) is 23.7 Å². The molecule has 0 saturated carbocycles. The number of carbonyl (C=O) groups excluding carboxylic acids is 5. The Balaban J connectivity index is 0.638. The van der Waals surface area contributed by atoms with Crippen molar-refractivity contribution in [2.24, 2.45) is 5.41 Å². The van der Waals surface area contributed by atoms with E-state index in [1.54, 1.807) is 22.1 Å². The number of benzene rings is 3. The van der Waals surface area contributed by atoms with Crippen molar-refractivity contribution >= 4 is 57.3 Å². The lowest BCUT2D eigenvalue weighted by atomic mass is 9.70. The summed E-state index contributed by atoms with van der Waals surface area (Å²) in [5, 5.41) is 35.6. The summed E-state index contributed by atoms with van der Waals surface area (Å²) in [7, 11) is 0. The zero-order valence-corrected chi connectivity index (χ0v) is 48.6. The number of ketones is 1. The summed E-state index contributed by atoms with van der Waals surface area (Å²) >= 11 is 1.58. The molecule has 3 atom stereocenters. The van der Waals surface area contributed by atoms with Crippen LogP contribution in [0.25, 0.3) is 21.3 Å². The van der Waals surface area contributed by atoms with Crippen LogP contribution in [-0.4, -0.2) is 144 Å². The van der Waals surface area contributed by atoms with Crippen molar-refractivity contribution in [1.82, 2.24) is 50.3 Å². The number of nitriles is 1. The molecule has 10 rings (SSSR count). The predicted molar refractivity (Wildman–Crippen MR) is 312 cm³/mol. The zero-order valence-electron chi connectivity index (χ0n) is 47.8. The second-order valence-electron chi connectivity index (χ2n) is 24.1. The first kappa shape index (κ1) is 57.0. The van der Waals surface area contributed by atoms with Crippen molar-refractivity contribution in [3.63, 3.8) is 0 Å². The highest BCUT2D eigenvalue weighted by Gasteiger charge is 2.45. The number of H-pyrrole nitrogens is 1. The van der Waals surface area contributed by atoms with Crippen molar-refractivity contribution in [3.8, 4) is 16.5 Å². The number of aryl methyl sites for hydroxylation is 4. The van der Waals surface area contributed by atoms with E-state index < -0.39 is 34.9 Å². The van der Waals surface area contributed by atoms with Crippen LogP contribution in [0.15, 0.2) is 66.3 Å². The molecule has 3 aliphatic heterocycles. The maximum absolute atomic E-state index is 14.2. The number of aliphatic hydroxyl groups excluding tert-OH is 1. The minimum absolute atomic E-state index is 0.00273. The smallest absolute Gasteiger partial charge is 0.246 e. The zero-order chi connectivity index (χ0) is 57.3. The number of β-amino-alcohol motifs (C(OH)–C–C–N with tert-alkyl or cyclic N) is 1. The summed E-state index contributed by atoms with van der Waals surface area (Å²) in [4.78, 5) is 86.1. The van der Waals surface area contributed by atoms with Crippen molar-refractivity contribution in [3.05, 3.63) is 117 Å². The summed E-state index contributed by atoms with van der Waals surface area (Å²) in [6.45, 7) is 19.7.